The monoisotopic (exact) mass is 275 g/mol. The van der Waals surface area contributed by atoms with Crippen LogP contribution in [0.25, 0.3) is 0 Å². The van der Waals surface area contributed by atoms with E-state index in [9.17, 15) is 4.79 Å². The van der Waals surface area contributed by atoms with Gasteiger partial charge in [0.05, 0.1) is 0 Å². The largest absolute Gasteiger partial charge is 0.381 e. The number of hydrogen-bond donors (Lipinski definition) is 0. The Balaban J connectivity index is 1.73. The molecule has 1 heterocycles. The molecule has 0 unspecified atom stereocenters. The van der Waals surface area contributed by atoms with Crippen LogP contribution in [-0.4, -0.2) is 44.0 Å². The van der Waals surface area contributed by atoms with E-state index in [1.807, 2.05) is 31.2 Å². The molecule has 1 aliphatic heterocycles. The normalized spacial score (nSPS) is 16.6. The third kappa shape index (κ3) is 4.73. The summed E-state index contributed by atoms with van der Waals surface area (Å²) in [4.78, 5) is 14.4. The van der Waals surface area contributed by atoms with Gasteiger partial charge >= 0.3 is 0 Å². The van der Waals surface area contributed by atoms with Crippen molar-refractivity contribution in [3.63, 3.8) is 0 Å². The molecule has 0 atom stereocenters. The number of benzene rings is 1. The standard InChI is InChI=1S/C17H25NO2/c1-14-3-5-16(6-4-14)17(19)7-10-18(2)13-15-8-11-20-12-9-15/h3-6,15H,7-13H2,1-2H3. The van der Waals surface area contributed by atoms with E-state index in [0.29, 0.717) is 6.42 Å². The first-order chi connectivity index (χ1) is 9.65. The SMILES string of the molecule is Cc1ccc(C(=O)CCN(C)CC2CCOCC2)cc1. The summed E-state index contributed by atoms with van der Waals surface area (Å²) in [6.45, 7) is 5.73. The highest BCUT2D eigenvalue weighted by molar-refractivity contribution is 5.96. The number of carbonyl (C=O) groups is 1. The van der Waals surface area contributed by atoms with Crippen LogP contribution in [0.2, 0.25) is 0 Å². The van der Waals surface area contributed by atoms with E-state index in [1.165, 1.54) is 5.56 Å². The maximum Gasteiger partial charge on any atom is 0.164 e. The highest BCUT2D eigenvalue weighted by Gasteiger charge is 2.16. The van der Waals surface area contributed by atoms with Crippen molar-refractivity contribution in [1.29, 1.82) is 0 Å². The second-order valence-corrected chi connectivity index (χ2v) is 5.86. The molecule has 0 saturated carbocycles. The zero-order valence-corrected chi connectivity index (χ0v) is 12.6. The molecule has 3 heteroatoms. The molecule has 1 aromatic carbocycles. The van der Waals surface area contributed by atoms with Gasteiger partial charge in [0.2, 0.25) is 0 Å². The molecular formula is C17H25NO2. The zero-order valence-electron chi connectivity index (χ0n) is 12.6. The van der Waals surface area contributed by atoms with E-state index in [2.05, 4.69) is 11.9 Å². The fourth-order valence-corrected chi connectivity index (χ4v) is 2.64. The molecule has 110 valence electrons. The van der Waals surface area contributed by atoms with Crippen LogP contribution in [0, 0.1) is 12.8 Å². The number of aryl methyl sites for hydroxylation is 1. The summed E-state index contributed by atoms with van der Waals surface area (Å²) in [7, 11) is 2.11. The highest BCUT2D eigenvalue weighted by Crippen LogP contribution is 2.15. The molecular weight excluding hydrogens is 250 g/mol. The van der Waals surface area contributed by atoms with Crippen LogP contribution in [0.15, 0.2) is 24.3 Å². The topological polar surface area (TPSA) is 29.5 Å². The molecule has 0 aliphatic carbocycles. The minimum atomic E-state index is 0.240. The Kier molecular flexibility index (Phi) is 5.74. The van der Waals surface area contributed by atoms with Crippen molar-refractivity contribution >= 4 is 5.78 Å². The minimum absolute atomic E-state index is 0.240. The Morgan fingerprint density at radius 1 is 1.25 bits per heavy atom. The number of nitrogens with zero attached hydrogens (tertiary/aromatic N) is 1. The fraction of sp³-hybridized carbons (Fsp3) is 0.588. The quantitative estimate of drug-likeness (QED) is 0.748. The second kappa shape index (κ2) is 7.55. The van der Waals surface area contributed by atoms with E-state index in [0.717, 1.165) is 50.6 Å². The third-order valence-electron chi connectivity index (χ3n) is 4.00. The highest BCUT2D eigenvalue weighted by atomic mass is 16.5. The Morgan fingerprint density at radius 3 is 2.55 bits per heavy atom. The lowest BCUT2D eigenvalue weighted by atomic mass is 9.99. The van der Waals surface area contributed by atoms with Crippen LogP contribution >= 0.6 is 0 Å². The summed E-state index contributed by atoms with van der Waals surface area (Å²) in [5.74, 6) is 0.965. The molecule has 0 spiro atoms. The van der Waals surface area contributed by atoms with Gasteiger partial charge in [-0.15, -0.1) is 0 Å². The van der Waals surface area contributed by atoms with E-state index in [-0.39, 0.29) is 5.78 Å². The van der Waals surface area contributed by atoms with Crippen LogP contribution < -0.4 is 0 Å². The van der Waals surface area contributed by atoms with Crippen molar-refractivity contribution in [3.05, 3.63) is 35.4 Å². The predicted molar refractivity (Wildman–Crippen MR) is 81.2 cm³/mol. The van der Waals surface area contributed by atoms with Gasteiger partial charge < -0.3 is 9.64 Å². The molecule has 2 rings (SSSR count). The Labute approximate surface area is 121 Å². The Morgan fingerprint density at radius 2 is 1.90 bits per heavy atom. The van der Waals surface area contributed by atoms with Gasteiger partial charge in [0, 0.05) is 38.3 Å². The van der Waals surface area contributed by atoms with Crippen LogP contribution in [-0.2, 0) is 4.74 Å². The predicted octanol–water partition coefficient (Wildman–Crippen LogP) is 2.93. The summed E-state index contributed by atoms with van der Waals surface area (Å²) in [6.07, 6.45) is 2.90. The Bertz CT molecular complexity index is 421. The second-order valence-electron chi connectivity index (χ2n) is 5.86. The molecule has 1 fully saturated rings. The van der Waals surface area contributed by atoms with E-state index < -0.39 is 0 Å². The van der Waals surface area contributed by atoms with Gasteiger partial charge in [-0.1, -0.05) is 29.8 Å². The van der Waals surface area contributed by atoms with E-state index in [1.54, 1.807) is 0 Å². The van der Waals surface area contributed by atoms with Gasteiger partial charge in [0.25, 0.3) is 0 Å². The van der Waals surface area contributed by atoms with Gasteiger partial charge in [-0.25, -0.2) is 0 Å². The molecule has 3 nitrogen and oxygen atoms in total. The summed E-state index contributed by atoms with van der Waals surface area (Å²) >= 11 is 0. The van der Waals surface area contributed by atoms with Crippen LogP contribution in [0.4, 0.5) is 0 Å². The summed E-state index contributed by atoms with van der Waals surface area (Å²) < 4.78 is 5.37. The fourth-order valence-electron chi connectivity index (χ4n) is 2.64. The lowest BCUT2D eigenvalue weighted by Crippen LogP contribution is -2.31. The molecule has 0 N–H and O–H groups in total. The minimum Gasteiger partial charge on any atom is -0.381 e. The zero-order chi connectivity index (χ0) is 14.4. The number of carbonyl (C=O) groups excluding carboxylic acids is 1. The third-order valence-corrected chi connectivity index (χ3v) is 4.00. The molecule has 0 bridgehead atoms. The van der Waals surface area contributed by atoms with E-state index in [4.69, 9.17) is 4.74 Å². The van der Waals surface area contributed by atoms with Gasteiger partial charge in [-0.2, -0.15) is 0 Å². The van der Waals surface area contributed by atoms with Gasteiger partial charge in [0.1, 0.15) is 0 Å². The summed E-state index contributed by atoms with van der Waals surface area (Å²) in [5, 5.41) is 0. The van der Waals surface area contributed by atoms with Gasteiger partial charge in [-0.05, 0) is 32.7 Å². The van der Waals surface area contributed by atoms with Crippen molar-refractivity contribution < 1.29 is 9.53 Å². The maximum absolute atomic E-state index is 12.1. The average Bonchev–Trinajstić information content (AvgIpc) is 2.46. The van der Waals surface area contributed by atoms with Gasteiger partial charge in [0.15, 0.2) is 5.78 Å². The van der Waals surface area contributed by atoms with Crippen molar-refractivity contribution in [2.24, 2.45) is 5.92 Å². The molecule has 1 aliphatic rings. The molecule has 0 radical (unpaired) electrons. The maximum atomic E-state index is 12.1. The number of rotatable bonds is 6. The van der Waals surface area contributed by atoms with Gasteiger partial charge in [-0.3, -0.25) is 4.79 Å². The number of Topliss-reactive ketones (excluding diaryl/α,β-unsaturated/α-hetero) is 1. The average molecular weight is 275 g/mol. The van der Waals surface area contributed by atoms with Crippen molar-refractivity contribution in [2.45, 2.75) is 26.2 Å². The lowest BCUT2D eigenvalue weighted by Gasteiger charge is -2.26. The summed E-state index contributed by atoms with van der Waals surface area (Å²) in [6, 6.07) is 7.85. The van der Waals surface area contributed by atoms with Crippen molar-refractivity contribution in [2.75, 3.05) is 33.4 Å². The molecule has 1 aromatic rings. The number of ether oxygens (including phenoxy) is 1. The molecule has 1 saturated heterocycles. The number of ketones is 1. The van der Waals surface area contributed by atoms with Crippen molar-refractivity contribution in [3.8, 4) is 0 Å². The van der Waals surface area contributed by atoms with Crippen LogP contribution in [0.5, 0.6) is 0 Å². The molecule has 0 amide bonds. The van der Waals surface area contributed by atoms with Crippen LogP contribution in [0.3, 0.4) is 0 Å². The molecule has 20 heavy (non-hydrogen) atoms. The lowest BCUT2D eigenvalue weighted by molar-refractivity contribution is 0.0553. The molecule has 0 aromatic heterocycles. The Hall–Kier alpha value is -1.19. The first-order valence-corrected chi connectivity index (χ1v) is 7.51. The first-order valence-electron chi connectivity index (χ1n) is 7.51. The summed E-state index contributed by atoms with van der Waals surface area (Å²) in [5.41, 5.74) is 2.02. The first kappa shape index (κ1) is 15.2. The van der Waals surface area contributed by atoms with E-state index >= 15 is 0 Å². The van der Waals surface area contributed by atoms with Crippen LogP contribution in [0.1, 0.15) is 35.2 Å². The smallest absolute Gasteiger partial charge is 0.164 e. The van der Waals surface area contributed by atoms with Crippen molar-refractivity contribution in [1.82, 2.24) is 4.90 Å². The number of hydrogen-bond acceptors (Lipinski definition) is 3.